The summed E-state index contributed by atoms with van der Waals surface area (Å²) in [4.78, 5) is 26.1. The van der Waals surface area contributed by atoms with E-state index < -0.39 is 0 Å². The molecule has 0 saturated carbocycles. The Morgan fingerprint density at radius 3 is 2.33 bits per heavy atom. The number of halogens is 1. The van der Waals surface area contributed by atoms with Crippen molar-refractivity contribution >= 4 is 34.1 Å². The summed E-state index contributed by atoms with van der Waals surface area (Å²) in [5.74, 6) is 0.681. The molecule has 1 aromatic carbocycles. The Bertz CT molecular complexity index is 1010. The second kappa shape index (κ2) is 7.19. The predicted molar refractivity (Wildman–Crippen MR) is 110 cm³/mol. The van der Waals surface area contributed by atoms with Crippen molar-refractivity contribution in [2.45, 2.75) is 19.9 Å². The molecule has 140 valence electrons. The largest absolute Gasteiger partial charge is 0.368 e. The molecule has 3 heterocycles. The van der Waals surface area contributed by atoms with Crippen LogP contribution in [0.3, 0.4) is 0 Å². The summed E-state index contributed by atoms with van der Waals surface area (Å²) in [5, 5.41) is 1.31. The zero-order valence-corrected chi connectivity index (χ0v) is 16.2. The summed E-state index contributed by atoms with van der Waals surface area (Å²) < 4.78 is 1.70. The van der Waals surface area contributed by atoms with Crippen LogP contribution in [0.5, 0.6) is 0 Å². The van der Waals surface area contributed by atoms with Crippen LogP contribution in [0.4, 0.5) is 11.6 Å². The molecule has 1 saturated heterocycles. The summed E-state index contributed by atoms with van der Waals surface area (Å²) in [7, 11) is 0. The standard InChI is InChI=1S/C20H22ClN5O/c1-14(2)26-8-7-18-17(19(26)27)13-22-20(23-18)25-11-9-24(10-12-25)16-5-3-15(21)4-6-16/h3-8,13-14H,9-12H2,1-2H3. The van der Waals surface area contributed by atoms with Crippen molar-refractivity contribution in [2.75, 3.05) is 36.0 Å². The minimum absolute atomic E-state index is 0.0402. The SMILES string of the molecule is CC(C)n1ccc2nc(N3CCN(c4ccc(Cl)cc4)CC3)ncc2c1=O. The van der Waals surface area contributed by atoms with Crippen LogP contribution in [0.2, 0.25) is 5.02 Å². The molecule has 4 rings (SSSR count). The Labute approximate surface area is 163 Å². The van der Waals surface area contributed by atoms with Crippen LogP contribution >= 0.6 is 11.6 Å². The maximum absolute atomic E-state index is 12.5. The molecule has 0 amide bonds. The van der Waals surface area contributed by atoms with Gasteiger partial charge in [0.15, 0.2) is 0 Å². The summed E-state index contributed by atoms with van der Waals surface area (Å²) >= 11 is 5.97. The third-order valence-corrected chi connectivity index (χ3v) is 5.23. The first-order valence-corrected chi connectivity index (χ1v) is 9.54. The van der Waals surface area contributed by atoms with Gasteiger partial charge in [0, 0.05) is 55.3 Å². The van der Waals surface area contributed by atoms with Crippen LogP contribution in [0, 0.1) is 0 Å². The maximum atomic E-state index is 12.5. The van der Waals surface area contributed by atoms with Crippen molar-refractivity contribution in [3.05, 3.63) is 58.1 Å². The van der Waals surface area contributed by atoms with E-state index in [4.69, 9.17) is 11.6 Å². The molecule has 0 atom stereocenters. The molecular weight excluding hydrogens is 362 g/mol. The monoisotopic (exact) mass is 383 g/mol. The smallest absolute Gasteiger partial charge is 0.261 e. The molecule has 0 bridgehead atoms. The summed E-state index contributed by atoms with van der Waals surface area (Å²) in [6.07, 6.45) is 3.47. The highest BCUT2D eigenvalue weighted by Crippen LogP contribution is 2.21. The van der Waals surface area contributed by atoms with Crippen LogP contribution in [0.25, 0.3) is 10.9 Å². The van der Waals surface area contributed by atoms with Gasteiger partial charge in [0.25, 0.3) is 5.56 Å². The minimum atomic E-state index is -0.0402. The first kappa shape index (κ1) is 17.8. The lowest BCUT2D eigenvalue weighted by molar-refractivity contribution is 0.582. The Kier molecular flexibility index (Phi) is 4.74. The highest BCUT2D eigenvalue weighted by atomic mass is 35.5. The van der Waals surface area contributed by atoms with Crippen molar-refractivity contribution < 1.29 is 0 Å². The van der Waals surface area contributed by atoms with E-state index in [9.17, 15) is 4.79 Å². The number of piperazine rings is 1. The van der Waals surface area contributed by atoms with Gasteiger partial charge in [-0.2, -0.15) is 0 Å². The van der Waals surface area contributed by atoms with E-state index in [2.05, 4.69) is 19.8 Å². The van der Waals surface area contributed by atoms with Gasteiger partial charge in [0.2, 0.25) is 5.95 Å². The third-order valence-electron chi connectivity index (χ3n) is 4.97. The van der Waals surface area contributed by atoms with Crippen molar-refractivity contribution in [1.82, 2.24) is 14.5 Å². The Morgan fingerprint density at radius 2 is 1.67 bits per heavy atom. The van der Waals surface area contributed by atoms with Crippen molar-refractivity contribution in [3.8, 4) is 0 Å². The van der Waals surface area contributed by atoms with E-state index >= 15 is 0 Å². The van der Waals surface area contributed by atoms with Gasteiger partial charge in [-0.15, -0.1) is 0 Å². The molecule has 1 fully saturated rings. The number of nitrogens with zero attached hydrogens (tertiary/aromatic N) is 5. The molecular formula is C20H22ClN5O. The van der Waals surface area contributed by atoms with Crippen LogP contribution in [0.1, 0.15) is 19.9 Å². The first-order valence-electron chi connectivity index (χ1n) is 9.16. The van der Waals surface area contributed by atoms with Gasteiger partial charge >= 0.3 is 0 Å². The number of anilines is 2. The number of fused-ring (bicyclic) bond motifs is 1. The van der Waals surface area contributed by atoms with Gasteiger partial charge in [-0.3, -0.25) is 4.79 Å². The fourth-order valence-corrected chi connectivity index (χ4v) is 3.54. The van der Waals surface area contributed by atoms with Crippen molar-refractivity contribution in [3.63, 3.8) is 0 Å². The molecule has 0 unspecified atom stereocenters. The molecule has 6 nitrogen and oxygen atoms in total. The maximum Gasteiger partial charge on any atom is 0.261 e. The van der Waals surface area contributed by atoms with Crippen molar-refractivity contribution in [2.24, 2.45) is 0 Å². The molecule has 1 aliphatic rings. The lowest BCUT2D eigenvalue weighted by Gasteiger charge is -2.36. The van der Waals surface area contributed by atoms with Gasteiger partial charge in [-0.25, -0.2) is 9.97 Å². The minimum Gasteiger partial charge on any atom is -0.368 e. The Morgan fingerprint density at radius 1 is 1.00 bits per heavy atom. The molecule has 0 N–H and O–H groups in total. The van der Waals surface area contributed by atoms with Gasteiger partial charge in [-0.05, 0) is 44.2 Å². The van der Waals surface area contributed by atoms with Gasteiger partial charge in [0.1, 0.15) is 0 Å². The molecule has 0 radical (unpaired) electrons. The second-order valence-corrected chi connectivity index (χ2v) is 7.48. The summed E-state index contributed by atoms with van der Waals surface area (Å²) in [5.41, 5.74) is 1.83. The number of hydrogen-bond donors (Lipinski definition) is 0. The van der Waals surface area contributed by atoms with E-state index in [0.29, 0.717) is 16.9 Å². The summed E-state index contributed by atoms with van der Waals surface area (Å²) in [6, 6.07) is 9.93. The zero-order chi connectivity index (χ0) is 19.0. The zero-order valence-electron chi connectivity index (χ0n) is 15.5. The summed E-state index contributed by atoms with van der Waals surface area (Å²) in [6.45, 7) is 7.41. The Balaban J connectivity index is 1.53. The van der Waals surface area contributed by atoms with Gasteiger partial charge in [-0.1, -0.05) is 11.6 Å². The lowest BCUT2D eigenvalue weighted by Crippen LogP contribution is -2.47. The average molecular weight is 384 g/mol. The van der Waals surface area contributed by atoms with E-state index in [0.717, 1.165) is 31.2 Å². The number of pyridine rings is 1. The average Bonchev–Trinajstić information content (AvgIpc) is 2.68. The molecule has 0 aliphatic carbocycles. The van der Waals surface area contributed by atoms with Crippen molar-refractivity contribution in [1.29, 1.82) is 0 Å². The second-order valence-electron chi connectivity index (χ2n) is 7.04. The number of hydrogen-bond acceptors (Lipinski definition) is 5. The fraction of sp³-hybridized carbons (Fsp3) is 0.350. The lowest BCUT2D eigenvalue weighted by atomic mass is 10.2. The highest BCUT2D eigenvalue weighted by molar-refractivity contribution is 6.30. The van der Waals surface area contributed by atoms with Gasteiger partial charge in [0.05, 0.1) is 10.9 Å². The molecule has 27 heavy (non-hydrogen) atoms. The number of benzene rings is 1. The fourth-order valence-electron chi connectivity index (χ4n) is 3.41. The molecule has 3 aromatic rings. The highest BCUT2D eigenvalue weighted by Gasteiger charge is 2.20. The molecule has 0 spiro atoms. The number of rotatable bonds is 3. The van der Waals surface area contributed by atoms with E-state index in [1.807, 2.05) is 50.4 Å². The predicted octanol–water partition coefficient (Wildman–Crippen LogP) is 3.35. The van der Waals surface area contributed by atoms with Crippen LogP contribution in [-0.4, -0.2) is 40.7 Å². The molecule has 7 heteroatoms. The normalized spacial score (nSPS) is 15.0. The van der Waals surface area contributed by atoms with E-state index in [1.54, 1.807) is 10.8 Å². The number of aromatic nitrogens is 3. The topological polar surface area (TPSA) is 54.3 Å². The quantitative estimate of drug-likeness (QED) is 0.694. The van der Waals surface area contributed by atoms with Crippen LogP contribution in [-0.2, 0) is 0 Å². The third kappa shape index (κ3) is 3.49. The molecule has 2 aromatic heterocycles. The van der Waals surface area contributed by atoms with E-state index in [1.165, 1.54) is 5.69 Å². The molecule has 1 aliphatic heterocycles. The Hall–Kier alpha value is -2.60. The van der Waals surface area contributed by atoms with Crippen LogP contribution < -0.4 is 15.4 Å². The van der Waals surface area contributed by atoms with Gasteiger partial charge < -0.3 is 14.4 Å². The van der Waals surface area contributed by atoms with Crippen LogP contribution in [0.15, 0.2) is 47.5 Å². The first-order chi connectivity index (χ1) is 13.0. The van der Waals surface area contributed by atoms with E-state index in [-0.39, 0.29) is 11.6 Å².